The van der Waals surface area contributed by atoms with Gasteiger partial charge in [0.1, 0.15) is 0 Å². The molecule has 1 aliphatic rings. The van der Waals surface area contributed by atoms with Crippen molar-refractivity contribution >= 4 is 11.8 Å². The fraction of sp³-hybridized carbons (Fsp3) is 0.667. The second-order valence-corrected chi connectivity index (χ2v) is 4.70. The molecule has 6 heteroatoms. The highest BCUT2D eigenvalue weighted by molar-refractivity contribution is 5.40. The maximum Gasteiger partial charge on any atom is 0.224 e. The van der Waals surface area contributed by atoms with Crippen molar-refractivity contribution in [1.29, 1.82) is 0 Å². The van der Waals surface area contributed by atoms with Crippen LogP contribution in [0.5, 0.6) is 0 Å². The van der Waals surface area contributed by atoms with Gasteiger partial charge in [0.05, 0.1) is 12.3 Å². The molecular weight excluding hydrogens is 235 g/mol. The van der Waals surface area contributed by atoms with Crippen LogP contribution in [0.1, 0.15) is 25.7 Å². The lowest BCUT2D eigenvalue weighted by Gasteiger charge is -2.25. The van der Waals surface area contributed by atoms with Crippen LogP contribution in [0.2, 0.25) is 0 Å². The Labute approximate surface area is 106 Å². The van der Waals surface area contributed by atoms with Gasteiger partial charge in [0.15, 0.2) is 11.6 Å². The molecule has 1 fully saturated rings. The lowest BCUT2D eigenvalue weighted by molar-refractivity contribution is 0.111. The summed E-state index contributed by atoms with van der Waals surface area (Å²) in [5.74, 6) is 0.670. The third-order valence-electron chi connectivity index (χ3n) is 3.34. The molecule has 0 radical (unpaired) electrons. The van der Waals surface area contributed by atoms with Crippen molar-refractivity contribution < 1.29 is 9.50 Å². The minimum Gasteiger partial charge on any atom is -0.393 e. The van der Waals surface area contributed by atoms with Gasteiger partial charge in [-0.3, -0.25) is 0 Å². The number of anilines is 2. The van der Waals surface area contributed by atoms with Crippen LogP contribution in [-0.2, 0) is 0 Å². The highest BCUT2D eigenvalue weighted by Crippen LogP contribution is 2.24. The van der Waals surface area contributed by atoms with Crippen molar-refractivity contribution in [3.8, 4) is 0 Å². The van der Waals surface area contributed by atoms with Crippen molar-refractivity contribution in [2.24, 2.45) is 5.92 Å². The molecule has 0 bridgehead atoms. The molecular formula is C12H19FN4O. The van der Waals surface area contributed by atoms with Crippen LogP contribution < -0.4 is 10.6 Å². The number of rotatable bonds is 4. The first kappa shape index (κ1) is 13.0. The van der Waals surface area contributed by atoms with Crippen molar-refractivity contribution in [1.82, 2.24) is 9.97 Å². The van der Waals surface area contributed by atoms with Gasteiger partial charge in [0.2, 0.25) is 5.95 Å². The van der Waals surface area contributed by atoms with Gasteiger partial charge in [-0.1, -0.05) is 0 Å². The Balaban J connectivity index is 1.89. The number of nitrogens with one attached hydrogen (secondary N) is 2. The molecule has 0 aliphatic heterocycles. The van der Waals surface area contributed by atoms with Crippen molar-refractivity contribution in [2.45, 2.75) is 31.8 Å². The highest BCUT2D eigenvalue weighted by atomic mass is 19.1. The average Bonchev–Trinajstić information content (AvgIpc) is 2.40. The minimum absolute atomic E-state index is 0.159. The second-order valence-electron chi connectivity index (χ2n) is 4.70. The molecule has 0 amide bonds. The summed E-state index contributed by atoms with van der Waals surface area (Å²) in [6.07, 6.45) is 4.61. The highest BCUT2D eigenvalue weighted by Gasteiger charge is 2.19. The normalized spacial score (nSPS) is 23.7. The number of halogens is 1. The van der Waals surface area contributed by atoms with E-state index < -0.39 is 5.82 Å². The maximum absolute atomic E-state index is 13.5. The Hall–Kier alpha value is -1.43. The average molecular weight is 254 g/mol. The first-order valence-corrected chi connectivity index (χ1v) is 6.31. The van der Waals surface area contributed by atoms with Crippen LogP contribution in [0.4, 0.5) is 16.2 Å². The number of hydrogen-bond acceptors (Lipinski definition) is 5. The molecule has 1 saturated carbocycles. The van der Waals surface area contributed by atoms with Crippen molar-refractivity contribution in [3.05, 3.63) is 12.0 Å². The smallest absolute Gasteiger partial charge is 0.224 e. The summed E-state index contributed by atoms with van der Waals surface area (Å²) in [5.41, 5.74) is 0. The van der Waals surface area contributed by atoms with E-state index in [1.165, 1.54) is 0 Å². The second kappa shape index (κ2) is 5.95. The van der Waals surface area contributed by atoms with Crippen LogP contribution >= 0.6 is 0 Å². The zero-order chi connectivity index (χ0) is 13.0. The van der Waals surface area contributed by atoms with E-state index >= 15 is 0 Å². The zero-order valence-corrected chi connectivity index (χ0v) is 10.5. The molecule has 100 valence electrons. The molecule has 1 aromatic rings. The topological polar surface area (TPSA) is 70.1 Å². The summed E-state index contributed by atoms with van der Waals surface area (Å²) in [6, 6.07) is 0. The summed E-state index contributed by atoms with van der Waals surface area (Å²) in [7, 11) is 1.69. The van der Waals surface area contributed by atoms with Crippen LogP contribution in [0.15, 0.2) is 6.20 Å². The largest absolute Gasteiger partial charge is 0.393 e. The minimum atomic E-state index is -0.440. The fourth-order valence-corrected chi connectivity index (χ4v) is 2.20. The van der Waals surface area contributed by atoms with E-state index in [1.807, 2.05) is 0 Å². The summed E-state index contributed by atoms with van der Waals surface area (Å²) < 4.78 is 13.5. The third kappa shape index (κ3) is 3.29. The third-order valence-corrected chi connectivity index (χ3v) is 3.34. The Morgan fingerprint density at radius 1 is 1.39 bits per heavy atom. The molecule has 18 heavy (non-hydrogen) atoms. The Morgan fingerprint density at radius 3 is 2.78 bits per heavy atom. The molecule has 0 saturated heterocycles. The molecule has 0 spiro atoms. The van der Waals surface area contributed by atoms with Gasteiger partial charge >= 0.3 is 0 Å². The van der Waals surface area contributed by atoms with Gasteiger partial charge in [-0.25, -0.2) is 9.37 Å². The standard InChI is InChI=1S/C12H19FN4O/c1-14-12-16-7-10(13)11(17-12)15-6-8-2-4-9(18)5-3-8/h7-9,18H,2-6H2,1H3,(H2,14,15,16,17). The van der Waals surface area contributed by atoms with Gasteiger partial charge in [0, 0.05) is 13.6 Å². The van der Waals surface area contributed by atoms with Crippen LogP contribution in [0.3, 0.4) is 0 Å². The van der Waals surface area contributed by atoms with Crippen LogP contribution in [0.25, 0.3) is 0 Å². The lowest BCUT2D eigenvalue weighted by atomic mass is 9.87. The number of nitrogens with zero attached hydrogens (tertiary/aromatic N) is 2. The first-order valence-electron chi connectivity index (χ1n) is 6.31. The van der Waals surface area contributed by atoms with Gasteiger partial charge < -0.3 is 15.7 Å². The Morgan fingerprint density at radius 2 is 2.11 bits per heavy atom. The maximum atomic E-state index is 13.5. The van der Waals surface area contributed by atoms with E-state index in [-0.39, 0.29) is 11.9 Å². The summed E-state index contributed by atoms with van der Waals surface area (Å²) >= 11 is 0. The van der Waals surface area contributed by atoms with E-state index in [9.17, 15) is 9.50 Å². The molecule has 0 aromatic carbocycles. The van der Waals surface area contributed by atoms with E-state index in [0.717, 1.165) is 31.9 Å². The van der Waals surface area contributed by atoms with E-state index in [1.54, 1.807) is 7.05 Å². The zero-order valence-electron chi connectivity index (χ0n) is 10.5. The summed E-state index contributed by atoms with van der Waals surface area (Å²) in [5, 5.41) is 15.2. The molecule has 1 aromatic heterocycles. The number of hydrogen-bond donors (Lipinski definition) is 3. The monoisotopic (exact) mass is 254 g/mol. The number of aliphatic hydroxyl groups is 1. The number of aliphatic hydroxyl groups excluding tert-OH is 1. The Kier molecular flexibility index (Phi) is 4.30. The van der Waals surface area contributed by atoms with Gasteiger partial charge in [-0.15, -0.1) is 0 Å². The fourth-order valence-electron chi connectivity index (χ4n) is 2.20. The quantitative estimate of drug-likeness (QED) is 0.761. The molecule has 0 atom stereocenters. The predicted molar refractivity (Wildman–Crippen MR) is 68.0 cm³/mol. The molecule has 2 rings (SSSR count). The van der Waals surface area contributed by atoms with E-state index in [0.29, 0.717) is 18.4 Å². The first-order chi connectivity index (χ1) is 8.69. The summed E-state index contributed by atoms with van der Waals surface area (Å²) in [6.45, 7) is 0.684. The van der Waals surface area contributed by atoms with E-state index in [2.05, 4.69) is 20.6 Å². The van der Waals surface area contributed by atoms with Gasteiger partial charge in [-0.2, -0.15) is 4.98 Å². The van der Waals surface area contributed by atoms with Crippen LogP contribution in [-0.4, -0.2) is 34.8 Å². The molecule has 1 heterocycles. The van der Waals surface area contributed by atoms with E-state index in [4.69, 9.17) is 0 Å². The predicted octanol–water partition coefficient (Wildman–Crippen LogP) is 1.62. The molecule has 1 aliphatic carbocycles. The lowest BCUT2D eigenvalue weighted by Crippen LogP contribution is -2.24. The van der Waals surface area contributed by atoms with Gasteiger partial charge in [0.25, 0.3) is 0 Å². The van der Waals surface area contributed by atoms with Crippen molar-refractivity contribution in [3.63, 3.8) is 0 Å². The Bertz CT molecular complexity index is 394. The van der Waals surface area contributed by atoms with Gasteiger partial charge in [-0.05, 0) is 31.6 Å². The molecule has 3 N–H and O–H groups in total. The molecule has 0 unspecified atom stereocenters. The van der Waals surface area contributed by atoms with Crippen molar-refractivity contribution in [2.75, 3.05) is 24.2 Å². The SMILES string of the molecule is CNc1ncc(F)c(NCC2CCC(O)CC2)n1. The molecule has 5 nitrogen and oxygen atoms in total. The number of aromatic nitrogens is 2. The van der Waals surface area contributed by atoms with Crippen LogP contribution in [0, 0.1) is 11.7 Å². The summed E-state index contributed by atoms with van der Waals surface area (Å²) in [4.78, 5) is 7.82.